The number of esters is 2. The van der Waals surface area contributed by atoms with Gasteiger partial charge in [-0.05, 0) is 103 Å². The summed E-state index contributed by atoms with van der Waals surface area (Å²) in [5, 5.41) is 9.70. The number of aliphatic hydroxyl groups excluding tert-OH is 1. The molecule has 460 valence electrons. The van der Waals surface area contributed by atoms with Crippen LogP contribution in [0.2, 0.25) is 0 Å². The first-order chi connectivity index (χ1) is 39.6. The van der Waals surface area contributed by atoms with E-state index < -0.39 is 6.10 Å². The Morgan fingerprint density at radius 2 is 0.537 bits per heavy atom. The molecule has 1 N–H and O–H groups in total. The fraction of sp³-hybridized carbons (Fsp3) is 0.733. The average Bonchev–Trinajstić information content (AvgIpc) is 3.46. The van der Waals surface area contributed by atoms with Crippen molar-refractivity contribution in [1.82, 2.24) is 0 Å². The van der Waals surface area contributed by atoms with Crippen molar-refractivity contribution >= 4 is 11.9 Å². The van der Waals surface area contributed by atoms with Crippen molar-refractivity contribution in [1.29, 1.82) is 0 Å². The number of unbranched alkanes of at least 4 members (excludes halogenated alkanes) is 37. The summed E-state index contributed by atoms with van der Waals surface area (Å²) in [5.74, 6) is -0.585. The van der Waals surface area contributed by atoms with E-state index in [0.717, 1.165) is 89.9 Å². The Balaban J connectivity index is 3.47. The van der Waals surface area contributed by atoms with E-state index in [0.29, 0.717) is 12.8 Å². The summed E-state index contributed by atoms with van der Waals surface area (Å²) in [7, 11) is 0. The molecular formula is C75H130O5. The van der Waals surface area contributed by atoms with Crippen LogP contribution in [0.4, 0.5) is 0 Å². The molecular weight excluding hydrogens is 981 g/mol. The van der Waals surface area contributed by atoms with E-state index in [1.165, 1.54) is 218 Å². The molecule has 0 aromatic carbocycles. The third kappa shape index (κ3) is 67.1. The molecule has 0 fully saturated rings. The van der Waals surface area contributed by atoms with Gasteiger partial charge in [-0.2, -0.15) is 0 Å². The molecule has 5 nitrogen and oxygen atoms in total. The lowest BCUT2D eigenvalue weighted by Crippen LogP contribution is -2.28. The number of ether oxygens (including phenoxy) is 2. The highest BCUT2D eigenvalue weighted by Crippen LogP contribution is 2.17. The van der Waals surface area contributed by atoms with Crippen LogP contribution < -0.4 is 0 Å². The van der Waals surface area contributed by atoms with Gasteiger partial charge in [0, 0.05) is 12.8 Å². The van der Waals surface area contributed by atoms with Crippen molar-refractivity contribution in [3.05, 3.63) is 109 Å². The largest absolute Gasteiger partial charge is 0.462 e. The molecule has 0 saturated heterocycles. The second kappa shape index (κ2) is 69.8. The number of hydrogen-bond acceptors (Lipinski definition) is 5. The second-order valence-corrected chi connectivity index (χ2v) is 22.9. The van der Waals surface area contributed by atoms with Crippen molar-refractivity contribution in [2.45, 2.75) is 341 Å². The van der Waals surface area contributed by atoms with Gasteiger partial charge in [-0.1, -0.05) is 329 Å². The van der Waals surface area contributed by atoms with E-state index in [9.17, 15) is 14.7 Å². The van der Waals surface area contributed by atoms with Gasteiger partial charge in [0.05, 0.1) is 6.61 Å². The van der Waals surface area contributed by atoms with Crippen LogP contribution in [0.3, 0.4) is 0 Å². The van der Waals surface area contributed by atoms with Crippen LogP contribution in [0.1, 0.15) is 335 Å². The van der Waals surface area contributed by atoms with Crippen molar-refractivity contribution in [2.75, 3.05) is 13.2 Å². The summed E-state index contributed by atoms with van der Waals surface area (Å²) in [5.41, 5.74) is 0. The van der Waals surface area contributed by atoms with E-state index in [1.807, 2.05) is 0 Å². The van der Waals surface area contributed by atoms with Gasteiger partial charge in [-0.15, -0.1) is 0 Å². The Morgan fingerprint density at radius 3 is 0.812 bits per heavy atom. The van der Waals surface area contributed by atoms with Crippen LogP contribution in [-0.2, 0) is 19.1 Å². The molecule has 0 amide bonds. The Hall–Kier alpha value is -3.44. The van der Waals surface area contributed by atoms with Gasteiger partial charge < -0.3 is 14.6 Å². The Morgan fingerprint density at radius 1 is 0.300 bits per heavy atom. The molecule has 0 aromatic heterocycles. The van der Waals surface area contributed by atoms with Gasteiger partial charge in [0.1, 0.15) is 6.61 Å². The molecule has 0 radical (unpaired) electrons. The maximum Gasteiger partial charge on any atom is 0.306 e. The number of rotatable bonds is 63. The van der Waals surface area contributed by atoms with Crippen LogP contribution in [0.5, 0.6) is 0 Å². The number of carbonyl (C=O) groups excluding carboxylic acids is 2. The molecule has 0 rings (SSSR count). The first-order valence-electron chi connectivity index (χ1n) is 34.4. The normalized spacial score (nSPS) is 12.9. The summed E-state index contributed by atoms with van der Waals surface area (Å²) in [6.07, 6.45) is 101. The van der Waals surface area contributed by atoms with E-state index in [1.54, 1.807) is 0 Å². The molecule has 1 atom stereocenters. The van der Waals surface area contributed by atoms with Gasteiger partial charge in [-0.25, -0.2) is 0 Å². The summed E-state index contributed by atoms with van der Waals surface area (Å²) in [6, 6.07) is 0. The van der Waals surface area contributed by atoms with E-state index in [4.69, 9.17) is 9.47 Å². The lowest BCUT2D eigenvalue weighted by atomic mass is 10.0. The molecule has 0 aromatic rings. The van der Waals surface area contributed by atoms with E-state index in [2.05, 4.69) is 123 Å². The van der Waals surface area contributed by atoms with E-state index >= 15 is 0 Å². The van der Waals surface area contributed by atoms with Crippen molar-refractivity contribution in [2.24, 2.45) is 0 Å². The van der Waals surface area contributed by atoms with Crippen LogP contribution in [-0.4, -0.2) is 36.4 Å². The molecule has 0 aliphatic rings. The second-order valence-electron chi connectivity index (χ2n) is 22.9. The lowest BCUT2D eigenvalue weighted by molar-refractivity contribution is -0.161. The SMILES string of the molecule is CC/C=C\C/C=C\C/C=C\C/C=C\C/C=C\C/C=C\C/C=C\CCCCCCCCCCCCCC(=O)OC(CO)COC(=O)CCCCCCCCCCCCCCCCCCCCCCC/C=C\C/C=C\CCCCCCC. The monoisotopic (exact) mass is 1110 g/mol. The molecule has 1 unspecified atom stereocenters. The highest BCUT2D eigenvalue weighted by atomic mass is 16.6. The number of allylic oxidation sites excluding steroid dienone is 18. The molecule has 80 heavy (non-hydrogen) atoms. The quantitative estimate of drug-likeness (QED) is 0.0373. The average molecular weight is 1110 g/mol. The zero-order chi connectivity index (χ0) is 57.6. The van der Waals surface area contributed by atoms with Crippen LogP contribution in [0, 0.1) is 0 Å². The van der Waals surface area contributed by atoms with Crippen LogP contribution in [0.15, 0.2) is 109 Å². The topological polar surface area (TPSA) is 72.8 Å². The highest BCUT2D eigenvalue weighted by molar-refractivity contribution is 5.70. The third-order valence-corrected chi connectivity index (χ3v) is 15.1. The Bertz CT molecular complexity index is 1540. The zero-order valence-electron chi connectivity index (χ0n) is 52.8. The zero-order valence-corrected chi connectivity index (χ0v) is 52.8. The molecule has 0 bridgehead atoms. The summed E-state index contributed by atoms with van der Waals surface area (Å²) in [6.45, 7) is 4.04. The fourth-order valence-electron chi connectivity index (χ4n) is 9.92. The minimum Gasteiger partial charge on any atom is -0.462 e. The summed E-state index contributed by atoms with van der Waals surface area (Å²) >= 11 is 0. The van der Waals surface area contributed by atoms with Crippen LogP contribution in [0.25, 0.3) is 0 Å². The first-order valence-corrected chi connectivity index (χ1v) is 34.4. The number of aliphatic hydroxyl groups is 1. The van der Waals surface area contributed by atoms with Gasteiger partial charge in [0.15, 0.2) is 6.10 Å². The van der Waals surface area contributed by atoms with Gasteiger partial charge in [0.2, 0.25) is 0 Å². The standard InChI is InChI=1S/C75H130O5/c1-3-5-7-9-11-13-15-17-19-21-23-25-27-29-31-33-35-37-39-41-43-45-47-49-51-53-55-57-59-61-63-65-67-69-74(77)79-72-73(71-76)80-75(78)70-68-66-64-62-60-58-56-54-52-50-48-46-44-42-40-38-36-34-32-30-28-26-24-22-20-18-16-14-12-10-8-6-4-2/h6,8,12,14-15,17-18,20-21,23-24,26,30,32,36,38,42,44,73,76H,3-5,7,9-11,13,16,19,22,25,27-29,31,33-35,37,39-41,43,45-72H2,1-2H3/b8-6-,14-12-,17-15-,20-18-,23-21-,26-24-,32-30-,38-36-,44-42-. The Kier molecular flexibility index (Phi) is 66.8. The summed E-state index contributed by atoms with van der Waals surface area (Å²) in [4.78, 5) is 24.7. The molecule has 5 heteroatoms. The minimum atomic E-state index is -0.780. The molecule has 0 saturated carbocycles. The van der Waals surface area contributed by atoms with Gasteiger partial charge in [-0.3, -0.25) is 9.59 Å². The lowest BCUT2D eigenvalue weighted by Gasteiger charge is -2.15. The van der Waals surface area contributed by atoms with Crippen molar-refractivity contribution in [3.8, 4) is 0 Å². The first kappa shape index (κ1) is 76.6. The van der Waals surface area contributed by atoms with Crippen LogP contribution >= 0.6 is 0 Å². The van der Waals surface area contributed by atoms with Gasteiger partial charge in [0.25, 0.3) is 0 Å². The highest BCUT2D eigenvalue weighted by Gasteiger charge is 2.16. The fourth-order valence-corrected chi connectivity index (χ4v) is 9.92. The van der Waals surface area contributed by atoms with E-state index in [-0.39, 0.29) is 25.2 Å². The van der Waals surface area contributed by atoms with Gasteiger partial charge >= 0.3 is 11.9 Å². The minimum absolute atomic E-state index is 0.0684. The summed E-state index contributed by atoms with van der Waals surface area (Å²) < 4.78 is 10.8. The smallest absolute Gasteiger partial charge is 0.306 e. The molecule has 0 aliphatic carbocycles. The Labute approximate surface area is 497 Å². The predicted molar refractivity (Wildman–Crippen MR) is 352 cm³/mol. The van der Waals surface area contributed by atoms with Crippen molar-refractivity contribution in [3.63, 3.8) is 0 Å². The number of carbonyl (C=O) groups is 2. The maximum atomic E-state index is 12.4. The third-order valence-electron chi connectivity index (χ3n) is 15.1. The van der Waals surface area contributed by atoms with Crippen molar-refractivity contribution < 1.29 is 24.2 Å². The molecule has 0 heterocycles. The number of hydrogen-bond donors (Lipinski definition) is 1. The molecule has 0 aliphatic heterocycles. The molecule has 0 spiro atoms. The predicted octanol–water partition coefficient (Wildman–Crippen LogP) is 24.0. The maximum absolute atomic E-state index is 12.4.